The first-order valence-electron chi connectivity index (χ1n) is 8.80. The Kier molecular flexibility index (Phi) is 7.12. The smallest absolute Gasteiger partial charge is 0.387 e. The Morgan fingerprint density at radius 1 is 1.18 bits per heavy atom. The Balaban J connectivity index is 1.88. The molecular weight excluding hydrogens is 386 g/mol. The number of ether oxygens (including phenoxy) is 1. The molecule has 8 heteroatoms. The van der Waals surface area contributed by atoms with Gasteiger partial charge in [-0.2, -0.15) is 8.78 Å². The molecule has 0 atom stereocenters. The lowest BCUT2D eigenvalue weighted by Gasteiger charge is -2.16. The van der Waals surface area contributed by atoms with Crippen LogP contribution in [0.4, 0.5) is 13.8 Å². The van der Waals surface area contributed by atoms with E-state index >= 15 is 0 Å². The molecule has 0 unspecified atom stereocenters. The Bertz CT molecular complexity index is 827. The van der Waals surface area contributed by atoms with E-state index in [1.54, 1.807) is 18.2 Å². The van der Waals surface area contributed by atoms with Crippen molar-refractivity contribution in [1.29, 1.82) is 0 Å². The third-order valence-corrected chi connectivity index (χ3v) is 5.04. The molecule has 5 nitrogen and oxygen atoms in total. The summed E-state index contributed by atoms with van der Waals surface area (Å²) in [6.07, 6.45) is 0.554. The lowest BCUT2D eigenvalue weighted by atomic mass is 9.96. The molecule has 0 saturated heterocycles. The van der Waals surface area contributed by atoms with Gasteiger partial charge >= 0.3 is 6.61 Å². The molecule has 0 aliphatic heterocycles. The number of carbonyl (C=O) groups is 2. The van der Waals surface area contributed by atoms with Gasteiger partial charge in [0.1, 0.15) is 5.75 Å². The molecule has 0 bridgehead atoms. The van der Waals surface area contributed by atoms with E-state index in [0.29, 0.717) is 22.8 Å². The number of amides is 2. The SMILES string of the molecule is Cc1cc(NC(=O)C(C)(C)C)sc1C(=O)NCCc1ccc(OC(F)F)cc1. The molecule has 2 N–H and O–H groups in total. The molecule has 0 spiro atoms. The van der Waals surface area contributed by atoms with E-state index in [-0.39, 0.29) is 17.6 Å². The van der Waals surface area contributed by atoms with Crippen LogP contribution in [-0.4, -0.2) is 25.0 Å². The third kappa shape index (κ3) is 6.30. The number of alkyl halides is 2. The van der Waals surface area contributed by atoms with Gasteiger partial charge in [0.2, 0.25) is 5.91 Å². The Hall–Kier alpha value is -2.48. The van der Waals surface area contributed by atoms with Crippen LogP contribution in [-0.2, 0) is 11.2 Å². The van der Waals surface area contributed by atoms with Gasteiger partial charge in [0.05, 0.1) is 9.88 Å². The molecule has 2 aromatic rings. The highest BCUT2D eigenvalue weighted by Gasteiger charge is 2.23. The minimum Gasteiger partial charge on any atom is -0.435 e. The largest absolute Gasteiger partial charge is 0.435 e. The van der Waals surface area contributed by atoms with Crippen LogP contribution in [0.2, 0.25) is 0 Å². The molecule has 0 aliphatic carbocycles. The minimum atomic E-state index is -2.85. The van der Waals surface area contributed by atoms with Crippen molar-refractivity contribution in [1.82, 2.24) is 5.32 Å². The predicted octanol–water partition coefficient (Wildman–Crippen LogP) is 4.62. The molecule has 1 heterocycles. The molecule has 2 rings (SSSR count). The highest BCUT2D eigenvalue weighted by molar-refractivity contribution is 7.18. The van der Waals surface area contributed by atoms with Gasteiger partial charge in [0, 0.05) is 12.0 Å². The number of nitrogens with one attached hydrogen (secondary N) is 2. The molecule has 0 aliphatic rings. The van der Waals surface area contributed by atoms with Crippen molar-refractivity contribution in [2.75, 3.05) is 11.9 Å². The van der Waals surface area contributed by atoms with E-state index in [9.17, 15) is 18.4 Å². The first kappa shape index (κ1) is 21.8. The Morgan fingerprint density at radius 3 is 2.39 bits per heavy atom. The second-order valence-electron chi connectivity index (χ2n) is 7.36. The van der Waals surface area contributed by atoms with Gasteiger partial charge in [-0.25, -0.2) is 0 Å². The fraction of sp³-hybridized carbons (Fsp3) is 0.400. The summed E-state index contributed by atoms with van der Waals surface area (Å²) in [6, 6.07) is 8.08. The number of carbonyl (C=O) groups excluding carboxylic acids is 2. The maximum Gasteiger partial charge on any atom is 0.387 e. The Labute approximate surface area is 167 Å². The third-order valence-electron chi connectivity index (χ3n) is 3.89. The number of rotatable bonds is 7. The zero-order valence-electron chi connectivity index (χ0n) is 16.3. The van der Waals surface area contributed by atoms with E-state index in [1.807, 2.05) is 27.7 Å². The molecular formula is C20H24F2N2O3S. The summed E-state index contributed by atoms with van der Waals surface area (Å²) in [5.74, 6) is -0.224. The first-order chi connectivity index (χ1) is 13.1. The maximum absolute atomic E-state index is 12.4. The van der Waals surface area contributed by atoms with E-state index in [0.717, 1.165) is 11.1 Å². The van der Waals surface area contributed by atoms with Gasteiger partial charge in [0.15, 0.2) is 0 Å². The van der Waals surface area contributed by atoms with Crippen molar-refractivity contribution in [2.45, 2.75) is 40.7 Å². The van der Waals surface area contributed by atoms with Gasteiger partial charge in [-0.1, -0.05) is 32.9 Å². The first-order valence-corrected chi connectivity index (χ1v) is 9.62. The van der Waals surface area contributed by atoms with Crippen LogP contribution in [0.1, 0.15) is 41.6 Å². The molecule has 28 heavy (non-hydrogen) atoms. The van der Waals surface area contributed by atoms with Crippen molar-refractivity contribution < 1.29 is 23.1 Å². The molecule has 2 amide bonds. The molecule has 0 fully saturated rings. The second kappa shape index (κ2) is 9.14. The highest BCUT2D eigenvalue weighted by atomic mass is 32.1. The molecule has 1 aromatic carbocycles. The fourth-order valence-corrected chi connectivity index (χ4v) is 3.29. The number of aryl methyl sites for hydroxylation is 1. The molecule has 152 valence electrons. The summed E-state index contributed by atoms with van der Waals surface area (Å²) in [5, 5.41) is 6.31. The van der Waals surface area contributed by atoms with Crippen LogP contribution >= 0.6 is 11.3 Å². The number of hydrogen-bond acceptors (Lipinski definition) is 4. The van der Waals surface area contributed by atoms with Crippen LogP contribution in [0.25, 0.3) is 0 Å². The van der Waals surface area contributed by atoms with Crippen molar-refractivity contribution in [3.8, 4) is 5.75 Å². The number of anilines is 1. The van der Waals surface area contributed by atoms with Crippen LogP contribution in [0.5, 0.6) is 5.75 Å². The topological polar surface area (TPSA) is 67.4 Å². The summed E-state index contributed by atoms with van der Waals surface area (Å²) in [4.78, 5) is 25.0. The second-order valence-corrected chi connectivity index (χ2v) is 8.41. The standard InChI is InChI=1S/C20H24F2N2O3S/c1-12-11-15(24-18(26)20(2,3)4)28-16(12)17(25)23-10-9-13-5-7-14(8-6-13)27-19(21)22/h5-8,11,19H,9-10H2,1-4H3,(H,23,25)(H,24,26). The Morgan fingerprint density at radius 2 is 1.82 bits per heavy atom. The van der Waals surface area contributed by atoms with Crippen LogP contribution in [0.15, 0.2) is 30.3 Å². The van der Waals surface area contributed by atoms with Crippen molar-refractivity contribution >= 4 is 28.2 Å². The van der Waals surface area contributed by atoms with Gasteiger partial charge < -0.3 is 15.4 Å². The fourth-order valence-electron chi connectivity index (χ4n) is 2.31. The van der Waals surface area contributed by atoms with E-state index < -0.39 is 12.0 Å². The van der Waals surface area contributed by atoms with E-state index in [2.05, 4.69) is 15.4 Å². The number of hydrogen-bond donors (Lipinski definition) is 2. The summed E-state index contributed by atoms with van der Waals surface area (Å²) in [5.41, 5.74) is 1.17. The maximum atomic E-state index is 12.4. The quantitative estimate of drug-likeness (QED) is 0.700. The molecule has 0 saturated carbocycles. The lowest BCUT2D eigenvalue weighted by molar-refractivity contribution is -0.123. The molecule has 0 radical (unpaired) electrons. The van der Waals surface area contributed by atoms with E-state index in [4.69, 9.17) is 0 Å². The normalized spacial score (nSPS) is 11.4. The lowest BCUT2D eigenvalue weighted by Crippen LogP contribution is -2.27. The van der Waals surface area contributed by atoms with Crippen molar-refractivity contribution in [3.63, 3.8) is 0 Å². The van der Waals surface area contributed by atoms with E-state index in [1.165, 1.54) is 23.5 Å². The summed E-state index contributed by atoms with van der Waals surface area (Å²) >= 11 is 1.23. The minimum absolute atomic E-state index is 0.0989. The zero-order chi connectivity index (χ0) is 20.9. The van der Waals surface area contributed by atoms with Crippen molar-refractivity contribution in [2.24, 2.45) is 5.41 Å². The van der Waals surface area contributed by atoms with Gasteiger partial charge in [-0.15, -0.1) is 11.3 Å². The number of benzene rings is 1. The van der Waals surface area contributed by atoms with Crippen molar-refractivity contribution in [3.05, 3.63) is 46.3 Å². The summed E-state index contributed by atoms with van der Waals surface area (Å²) in [7, 11) is 0. The van der Waals surface area contributed by atoms with Crippen LogP contribution in [0, 0.1) is 12.3 Å². The highest BCUT2D eigenvalue weighted by Crippen LogP contribution is 2.28. The number of halogens is 2. The zero-order valence-corrected chi connectivity index (χ0v) is 17.1. The monoisotopic (exact) mass is 410 g/mol. The summed E-state index contributed by atoms with van der Waals surface area (Å²) < 4.78 is 28.6. The number of thiophene rings is 1. The van der Waals surface area contributed by atoms with Gasteiger partial charge in [-0.3, -0.25) is 9.59 Å². The van der Waals surface area contributed by atoms with Gasteiger partial charge in [0.25, 0.3) is 5.91 Å². The van der Waals surface area contributed by atoms with Crippen LogP contribution in [0.3, 0.4) is 0 Å². The average Bonchev–Trinajstić information content (AvgIpc) is 2.95. The average molecular weight is 410 g/mol. The van der Waals surface area contributed by atoms with Crippen LogP contribution < -0.4 is 15.4 Å². The van der Waals surface area contributed by atoms with Gasteiger partial charge in [-0.05, 0) is 42.7 Å². The summed E-state index contributed by atoms with van der Waals surface area (Å²) in [6.45, 7) is 4.83. The predicted molar refractivity (Wildman–Crippen MR) is 106 cm³/mol. The molecule has 1 aromatic heterocycles.